The molecular formula is C27H31NO4. The molecule has 4 rings (SSSR count). The molecule has 0 spiro atoms. The highest BCUT2D eigenvalue weighted by Crippen LogP contribution is 2.33. The maximum absolute atomic E-state index is 10.8. The first kappa shape index (κ1) is 22.2. The first-order chi connectivity index (χ1) is 15.7. The molecule has 5 heteroatoms. The molecule has 0 aromatic heterocycles. The third-order valence-corrected chi connectivity index (χ3v) is 5.96. The van der Waals surface area contributed by atoms with Crippen LogP contribution in [0, 0.1) is 0 Å². The van der Waals surface area contributed by atoms with Crippen molar-refractivity contribution in [3.05, 3.63) is 89.0 Å². The van der Waals surface area contributed by atoms with Gasteiger partial charge in [0, 0.05) is 30.8 Å². The lowest BCUT2D eigenvalue weighted by Gasteiger charge is -2.22. The predicted octanol–water partition coefficient (Wildman–Crippen LogP) is 4.76. The van der Waals surface area contributed by atoms with Gasteiger partial charge in [0.25, 0.3) is 0 Å². The molecule has 0 aliphatic carbocycles. The summed E-state index contributed by atoms with van der Waals surface area (Å²) in [5.74, 6) is 2.40. The van der Waals surface area contributed by atoms with Crippen LogP contribution in [0.15, 0.2) is 66.7 Å². The number of para-hydroxylation sites is 1. The van der Waals surface area contributed by atoms with Gasteiger partial charge in [-0.2, -0.15) is 0 Å². The summed E-state index contributed by atoms with van der Waals surface area (Å²) in [5, 5.41) is 10.8. The molecule has 3 aromatic rings. The molecule has 1 N–H and O–H groups in total. The van der Waals surface area contributed by atoms with E-state index < -0.39 is 6.10 Å². The van der Waals surface area contributed by atoms with Crippen molar-refractivity contribution in [1.29, 1.82) is 0 Å². The Balaban J connectivity index is 1.47. The van der Waals surface area contributed by atoms with Crippen molar-refractivity contribution < 1.29 is 19.3 Å². The van der Waals surface area contributed by atoms with E-state index in [-0.39, 0.29) is 0 Å². The van der Waals surface area contributed by atoms with E-state index in [2.05, 4.69) is 29.2 Å². The SMILES string of the molecule is COc1cccc(CN2CCOc3ccc(C(O)CCc4ccccc4)cc3C2)c1OC. The zero-order valence-electron chi connectivity index (χ0n) is 18.8. The van der Waals surface area contributed by atoms with Gasteiger partial charge in [-0.1, -0.05) is 48.5 Å². The summed E-state index contributed by atoms with van der Waals surface area (Å²) in [7, 11) is 3.33. The van der Waals surface area contributed by atoms with Crippen LogP contribution in [0.25, 0.3) is 0 Å². The summed E-state index contributed by atoms with van der Waals surface area (Å²) in [6.45, 7) is 2.90. The van der Waals surface area contributed by atoms with Crippen LogP contribution in [-0.2, 0) is 19.5 Å². The molecule has 0 fully saturated rings. The first-order valence-electron chi connectivity index (χ1n) is 11.1. The second kappa shape index (κ2) is 10.5. The molecule has 0 bridgehead atoms. The topological polar surface area (TPSA) is 51.2 Å². The van der Waals surface area contributed by atoms with Gasteiger partial charge in [-0.3, -0.25) is 4.90 Å². The van der Waals surface area contributed by atoms with E-state index in [4.69, 9.17) is 14.2 Å². The Bertz CT molecular complexity index is 1020. The largest absolute Gasteiger partial charge is 0.493 e. The van der Waals surface area contributed by atoms with Gasteiger partial charge in [0.15, 0.2) is 11.5 Å². The van der Waals surface area contributed by atoms with E-state index in [0.717, 1.165) is 60.0 Å². The Hall–Kier alpha value is -3.02. The second-order valence-electron chi connectivity index (χ2n) is 8.12. The van der Waals surface area contributed by atoms with Gasteiger partial charge in [0.1, 0.15) is 12.4 Å². The molecule has 0 amide bonds. The molecule has 0 saturated heterocycles. The Labute approximate surface area is 190 Å². The number of hydrogen-bond donors (Lipinski definition) is 1. The van der Waals surface area contributed by atoms with Crippen LogP contribution in [-0.4, -0.2) is 37.4 Å². The predicted molar refractivity (Wildman–Crippen MR) is 125 cm³/mol. The molecule has 32 heavy (non-hydrogen) atoms. The quantitative estimate of drug-likeness (QED) is 0.555. The standard InChI is InChI=1S/C27H31NO4/c1-30-26-10-6-9-22(27(26)31-2)18-28-15-16-32-25-14-12-21(17-23(25)19-28)24(29)13-11-20-7-4-3-5-8-20/h3-10,12,14,17,24,29H,11,13,15-16,18-19H2,1-2H3. The maximum Gasteiger partial charge on any atom is 0.165 e. The Morgan fingerprint density at radius 3 is 2.62 bits per heavy atom. The number of nitrogens with zero attached hydrogens (tertiary/aromatic N) is 1. The van der Waals surface area contributed by atoms with Gasteiger partial charge in [-0.25, -0.2) is 0 Å². The number of benzene rings is 3. The molecule has 3 aromatic carbocycles. The highest BCUT2D eigenvalue weighted by atomic mass is 16.5. The van der Waals surface area contributed by atoms with E-state index in [9.17, 15) is 5.11 Å². The molecule has 1 aliphatic rings. The highest BCUT2D eigenvalue weighted by molar-refractivity contribution is 5.46. The third kappa shape index (κ3) is 5.23. The monoisotopic (exact) mass is 433 g/mol. The summed E-state index contributed by atoms with van der Waals surface area (Å²) in [6, 6.07) is 22.3. The second-order valence-corrected chi connectivity index (χ2v) is 8.12. The molecule has 168 valence electrons. The fourth-order valence-electron chi connectivity index (χ4n) is 4.24. The maximum atomic E-state index is 10.8. The van der Waals surface area contributed by atoms with E-state index in [1.54, 1.807) is 14.2 Å². The number of aliphatic hydroxyl groups excluding tert-OH is 1. The van der Waals surface area contributed by atoms with Crippen LogP contribution < -0.4 is 14.2 Å². The fourth-order valence-corrected chi connectivity index (χ4v) is 4.24. The molecular weight excluding hydrogens is 402 g/mol. The van der Waals surface area contributed by atoms with Crippen molar-refractivity contribution in [2.45, 2.75) is 32.0 Å². The molecule has 1 atom stereocenters. The van der Waals surface area contributed by atoms with Gasteiger partial charge in [-0.15, -0.1) is 0 Å². The third-order valence-electron chi connectivity index (χ3n) is 5.96. The Kier molecular flexibility index (Phi) is 7.30. The summed E-state index contributed by atoms with van der Waals surface area (Å²) < 4.78 is 17.1. The zero-order chi connectivity index (χ0) is 22.3. The van der Waals surface area contributed by atoms with E-state index >= 15 is 0 Å². The van der Waals surface area contributed by atoms with Crippen molar-refractivity contribution in [1.82, 2.24) is 4.90 Å². The van der Waals surface area contributed by atoms with Gasteiger partial charge in [-0.05, 0) is 42.2 Å². The number of rotatable bonds is 8. The number of ether oxygens (including phenoxy) is 3. The van der Waals surface area contributed by atoms with Gasteiger partial charge in [0.05, 0.1) is 20.3 Å². The van der Waals surface area contributed by atoms with Gasteiger partial charge >= 0.3 is 0 Å². The molecule has 1 aliphatic heterocycles. The number of aryl methyl sites for hydroxylation is 1. The van der Waals surface area contributed by atoms with Crippen LogP contribution in [0.1, 0.15) is 34.8 Å². The zero-order valence-corrected chi connectivity index (χ0v) is 18.8. The summed E-state index contributed by atoms with van der Waals surface area (Å²) >= 11 is 0. The lowest BCUT2D eigenvalue weighted by molar-refractivity contribution is 0.167. The van der Waals surface area contributed by atoms with Crippen LogP contribution in [0.2, 0.25) is 0 Å². The van der Waals surface area contributed by atoms with E-state index in [1.807, 2.05) is 42.5 Å². The number of aliphatic hydroxyl groups is 1. The van der Waals surface area contributed by atoms with Crippen LogP contribution in [0.4, 0.5) is 0 Å². The van der Waals surface area contributed by atoms with Crippen LogP contribution in [0.5, 0.6) is 17.2 Å². The van der Waals surface area contributed by atoms with Crippen molar-refractivity contribution >= 4 is 0 Å². The summed E-state index contributed by atoms with van der Waals surface area (Å²) in [4.78, 5) is 2.34. The van der Waals surface area contributed by atoms with Gasteiger partial charge < -0.3 is 19.3 Å². The van der Waals surface area contributed by atoms with Crippen molar-refractivity contribution in [2.75, 3.05) is 27.4 Å². The van der Waals surface area contributed by atoms with E-state index in [1.165, 1.54) is 5.56 Å². The number of methoxy groups -OCH3 is 2. The summed E-state index contributed by atoms with van der Waals surface area (Å²) in [5.41, 5.74) is 4.35. The normalized spacial score (nSPS) is 14.7. The van der Waals surface area contributed by atoms with Crippen molar-refractivity contribution in [3.8, 4) is 17.2 Å². The smallest absolute Gasteiger partial charge is 0.165 e. The van der Waals surface area contributed by atoms with Crippen LogP contribution in [0.3, 0.4) is 0 Å². The minimum Gasteiger partial charge on any atom is -0.493 e. The Morgan fingerprint density at radius 2 is 1.84 bits per heavy atom. The fraction of sp³-hybridized carbons (Fsp3) is 0.333. The number of hydrogen-bond acceptors (Lipinski definition) is 5. The minimum atomic E-state index is -0.504. The van der Waals surface area contributed by atoms with Crippen molar-refractivity contribution in [2.24, 2.45) is 0 Å². The average molecular weight is 434 g/mol. The lowest BCUT2D eigenvalue weighted by atomic mass is 9.99. The minimum absolute atomic E-state index is 0.504. The number of fused-ring (bicyclic) bond motifs is 1. The van der Waals surface area contributed by atoms with Crippen molar-refractivity contribution in [3.63, 3.8) is 0 Å². The molecule has 1 unspecified atom stereocenters. The highest BCUT2D eigenvalue weighted by Gasteiger charge is 2.20. The summed E-state index contributed by atoms with van der Waals surface area (Å²) in [6.07, 6.45) is 1.03. The average Bonchev–Trinajstić information content (AvgIpc) is 3.04. The first-order valence-corrected chi connectivity index (χ1v) is 11.1. The molecule has 5 nitrogen and oxygen atoms in total. The molecule has 0 radical (unpaired) electrons. The Morgan fingerprint density at radius 1 is 1.00 bits per heavy atom. The molecule has 0 saturated carbocycles. The molecule has 1 heterocycles. The van der Waals surface area contributed by atoms with Gasteiger partial charge in [0.2, 0.25) is 0 Å². The van der Waals surface area contributed by atoms with Crippen LogP contribution >= 0.6 is 0 Å². The van der Waals surface area contributed by atoms with E-state index in [0.29, 0.717) is 13.0 Å². The lowest BCUT2D eigenvalue weighted by Crippen LogP contribution is -2.25.